The number of esters is 2. The van der Waals surface area contributed by atoms with E-state index in [0.29, 0.717) is 0 Å². The number of carbonyl (C=O) groups excluding carboxylic acids is 2. The van der Waals surface area contributed by atoms with Crippen LogP contribution in [0.3, 0.4) is 0 Å². The topological polar surface area (TPSA) is 80.3 Å². The Balaban J connectivity index is 1.57. The van der Waals surface area contributed by atoms with Crippen LogP contribution in [0.2, 0.25) is 0 Å². The standard InChI is InChI=1S/C26H33N3O5/c1-19-5-8-22(27-16-24(25(30)33-3)26(31)34-4)15-21(19)18-29-13-11-28(12-14-29)17-20-6-9-23(32-2)10-7-20/h5-10,15-16,27H,11-14,17-18H2,1-4H3. The lowest BCUT2D eigenvalue weighted by Crippen LogP contribution is -2.45. The van der Waals surface area contributed by atoms with Gasteiger partial charge >= 0.3 is 11.9 Å². The number of aryl methyl sites for hydroxylation is 1. The normalized spacial score (nSPS) is 14.2. The molecule has 1 fully saturated rings. The predicted molar refractivity (Wildman–Crippen MR) is 130 cm³/mol. The SMILES string of the molecule is COC(=O)C(=CNc1ccc(C)c(CN2CCN(Cc3ccc(OC)cc3)CC2)c1)C(=O)OC. The summed E-state index contributed by atoms with van der Waals surface area (Å²) in [6.45, 7) is 7.85. The lowest BCUT2D eigenvalue weighted by Gasteiger charge is -2.35. The Kier molecular flexibility index (Phi) is 9.07. The van der Waals surface area contributed by atoms with Gasteiger partial charge in [0.25, 0.3) is 0 Å². The van der Waals surface area contributed by atoms with E-state index in [1.807, 2.05) is 30.3 Å². The number of hydrogen-bond donors (Lipinski definition) is 1. The Morgan fingerprint density at radius 1 is 0.882 bits per heavy atom. The van der Waals surface area contributed by atoms with E-state index in [2.05, 4.69) is 43.6 Å². The van der Waals surface area contributed by atoms with Crippen LogP contribution in [0.5, 0.6) is 5.75 Å². The van der Waals surface area contributed by atoms with Crippen LogP contribution >= 0.6 is 0 Å². The number of ether oxygens (including phenoxy) is 3. The van der Waals surface area contributed by atoms with E-state index in [1.54, 1.807) is 7.11 Å². The highest BCUT2D eigenvalue weighted by Gasteiger charge is 2.20. The van der Waals surface area contributed by atoms with Crippen molar-refractivity contribution >= 4 is 17.6 Å². The molecule has 0 radical (unpaired) electrons. The van der Waals surface area contributed by atoms with Crippen molar-refractivity contribution in [3.63, 3.8) is 0 Å². The van der Waals surface area contributed by atoms with Crippen molar-refractivity contribution in [1.29, 1.82) is 0 Å². The zero-order chi connectivity index (χ0) is 24.5. The van der Waals surface area contributed by atoms with Gasteiger partial charge in [-0.3, -0.25) is 9.80 Å². The van der Waals surface area contributed by atoms with Crippen LogP contribution < -0.4 is 10.1 Å². The minimum absolute atomic E-state index is 0.194. The molecule has 1 aliphatic rings. The first-order chi connectivity index (χ1) is 16.4. The molecule has 0 spiro atoms. The van der Waals surface area contributed by atoms with Crippen molar-refractivity contribution in [2.75, 3.05) is 52.8 Å². The zero-order valence-electron chi connectivity index (χ0n) is 20.3. The molecule has 1 aliphatic heterocycles. The van der Waals surface area contributed by atoms with Gasteiger partial charge in [0.05, 0.1) is 21.3 Å². The summed E-state index contributed by atoms with van der Waals surface area (Å²) in [5.41, 5.74) is 4.26. The van der Waals surface area contributed by atoms with Crippen molar-refractivity contribution in [2.24, 2.45) is 0 Å². The number of anilines is 1. The van der Waals surface area contributed by atoms with Crippen LogP contribution in [0.15, 0.2) is 54.2 Å². The largest absolute Gasteiger partial charge is 0.497 e. The average Bonchev–Trinajstić information content (AvgIpc) is 2.87. The summed E-state index contributed by atoms with van der Waals surface area (Å²) in [5, 5.41) is 3.02. The van der Waals surface area contributed by atoms with Crippen LogP contribution in [-0.4, -0.2) is 69.2 Å². The molecular formula is C26H33N3O5. The van der Waals surface area contributed by atoms with E-state index in [-0.39, 0.29) is 5.57 Å². The fraction of sp³-hybridized carbons (Fsp3) is 0.385. The number of rotatable bonds is 9. The van der Waals surface area contributed by atoms with E-state index in [9.17, 15) is 9.59 Å². The Morgan fingerprint density at radius 3 is 2.03 bits per heavy atom. The first-order valence-electron chi connectivity index (χ1n) is 11.2. The van der Waals surface area contributed by atoms with Gasteiger partial charge in [0.15, 0.2) is 5.57 Å². The molecule has 0 unspecified atom stereocenters. The summed E-state index contributed by atoms with van der Waals surface area (Å²) in [4.78, 5) is 28.6. The summed E-state index contributed by atoms with van der Waals surface area (Å²) in [7, 11) is 4.13. The second kappa shape index (κ2) is 12.2. The summed E-state index contributed by atoms with van der Waals surface area (Å²) < 4.78 is 14.6. The molecule has 1 N–H and O–H groups in total. The van der Waals surface area contributed by atoms with Gasteiger partial charge in [-0.05, 0) is 47.9 Å². The second-order valence-electron chi connectivity index (χ2n) is 8.23. The van der Waals surface area contributed by atoms with E-state index in [0.717, 1.165) is 50.7 Å². The number of hydrogen-bond acceptors (Lipinski definition) is 8. The maximum Gasteiger partial charge on any atom is 0.346 e. The smallest absolute Gasteiger partial charge is 0.346 e. The van der Waals surface area contributed by atoms with E-state index >= 15 is 0 Å². The third-order valence-electron chi connectivity index (χ3n) is 5.97. The number of nitrogens with one attached hydrogen (secondary N) is 1. The number of methoxy groups -OCH3 is 3. The van der Waals surface area contributed by atoms with Crippen LogP contribution in [0.4, 0.5) is 5.69 Å². The van der Waals surface area contributed by atoms with Crippen molar-refractivity contribution < 1.29 is 23.8 Å². The Morgan fingerprint density at radius 2 is 1.47 bits per heavy atom. The van der Waals surface area contributed by atoms with Crippen molar-refractivity contribution in [2.45, 2.75) is 20.0 Å². The molecule has 182 valence electrons. The monoisotopic (exact) mass is 467 g/mol. The molecule has 2 aromatic rings. The molecule has 0 amide bonds. The van der Waals surface area contributed by atoms with Crippen LogP contribution in [0, 0.1) is 6.92 Å². The molecule has 0 saturated carbocycles. The Hall–Kier alpha value is -3.36. The van der Waals surface area contributed by atoms with Gasteiger partial charge in [0, 0.05) is 51.2 Å². The molecule has 34 heavy (non-hydrogen) atoms. The summed E-state index contributed by atoms with van der Waals surface area (Å²) >= 11 is 0. The van der Waals surface area contributed by atoms with Gasteiger partial charge in [0.1, 0.15) is 5.75 Å². The molecule has 0 atom stereocenters. The molecule has 2 aromatic carbocycles. The minimum Gasteiger partial charge on any atom is -0.497 e. The molecule has 1 saturated heterocycles. The molecule has 8 nitrogen and oxygen atoms in total. The first kappa shape index (κ1) is 25.3. The van der Waals surface area contributed by atoms with Crippen LogP contribution in [0.25, 0.3) is 0 Å². The highest BCUT2D eigenvalue weighted by atomic mass is 16.5. The number of benzene rings is 2. The average molecular weight is 468 g/mol. The predicted octanol–water partition coefficient (Wildman–Crippen LogP) is 2.96. The first-order valence-corrected chi connectivity index (χ1v) is 11.2. The van der Waals surface area contributed by atoms with Crippen LogP contribution in [-0.2, 0) is 32.2 Å². The minimum atomic E-state index is -0.751. The fourth-order valence-electron chi connectivity index (χ4n) is 3.84. The van der Waals surface area contributed by atoms with Crippen molar-refractivity contribution in [3.8, 4) is 5.75 Å². The summed E-state index contributed by atoms with van der Waals surface area (Å²) in [5.74, 6) is -0.624. The molecule has 0 aliphatic carbocycles. The van der Waals surface area contributed by atoms with E-state index in [4.69, 9.17) is 4.74 Å². The fourth-order valence-corrected chi connectivity index (χ4v) is 3.84. The molecule has 3 rings (SSSR count). The zero-order valence-corrected chi connectivity index (χ0v) is 20.3. The molecule has 0 bridgehead atoms. The molecule has 1 heterocycles. The van der Waals surface area contributed by atoms with Gasteiger partial charge in [-0.2, -0.15) is 0 Å². The molecule has 8 heteroatoms. The molecule has 0 aromatic heterocycles. The van der Waals surface area contributed by atoms with Gasteiger partial charge in [-0.15, -0.1) is 0 Å². The van der Waals surface area contributed by atoms with Gasteiger partial charge in [-0.25, -0.2) is 9.59 Å². The van der Waals surface area contributed by atoms with E-state index in [1.165, 1.54) is 37.1 Å². The third-order valence-corrected chi connectivity index (χ3v) is 5.97. The second-order valence-corrected chi connectivity index (χ2v) is 8.23. The Bertz CT molecular complexity index is 994. The number of carbonyl (C=O) groups is 2. The lowest BCUT2D eigenvalue weighted by molar-refractivity contribution is -0.144. The summed E-state index contributed by atoms with van der Waals surface area (Å²) in [6, 6.07) is 14.2. The van der Waals surface area contributed by atoms with Gasteiger partial charge < -0.3 is 19.5 Å². The number of piperazine rings is 1. The van der Waals surface area contributed by atoms with Crippen molar-refractivity contribution in [3.05, 3.63) is 70.9 Å². The third kappa shape index (κ3) is 6.82. The molecular weight excluding hydrogens is 434 g/mol. The maximum atomic E-state index is 11.8. The Labute approximate surface area is 201 Å². The highest BCUT2D eigenvalue weighted by Crippen LogP contribution is 2.20. The van der Waals surface area contributed by atoms with Gasteiger partial charge in [-0.1, -0.05) is 18.2 Å². The summed E-state index contributed by atoms with van der Waals surface area (Å²) in [6.07, 6.45) is 1.32. The van der Waals surface area contributed by atoms with Crippen molar-refractivity contribution in [1.82, 2.24) is 9.80 Å². The van der Waals surface area contributed by atoms with Gasteiger partial charge in [0.2, 0.25) is 0 Å². The highest BCUT2D eigenvalue weighted by molar-refractivity contribution is 6.14. The van der Waals surface area contributed by atoms with Crippen LogP contribution in [0.1, 0.15) is 16.7 Å². The lowest BCUT2D eigenvalue weighted by atomic mass is 10.1. The number of nitrogens with zero attached hydrogens (tertiary/aromatic N) is 2. The maximum absolute atomic E-state index is 11.8. The van der Waals surface area contributed by atoms with E-state index < -0.39 is 11.9 Å². The quantitative estimate of drug-likeness (QED) is 0.261.